The van der Waals surface area contributed by atoms with Crippen LogP contribution in [0.25, 0.3) is 22.0 Å². The highest BCUT2D eigenvalue weighted by Gasteiger charge is 2.35. The molecule has 3 N–H and O–H groups in total. The fraction of sp³-hybridized carbons (Fsp3) is 0.0435. The average molecular weight is 461 g/mol. The Balaban J connectivity index is 1.74. The Kier molecular flexibility index (Phi) is 4.30. The number of fused-ring (bicyclic) bond motifs is 2. The third-order valence-corrected chi connectivity index (χ3v) is 5.86. The Bertz CT molecular complexity index is 1390. The number of hydrogen-bond donors (Lipinski definition) is 2. The summed E-state index contributed by atoms with van der Waals surface area (Å²) in [6.07, 6.45) is 0. The number of benzene rings is 3. The summed E-state index contributed by atoms with van der Waals surface area (Å²) in [5, 5.41) is 19.3. The summed E-state index contributed by atoms with van der Waals surface area (Å²) in [6, 6.07) is 20.9. The molecule has 0 unspecified atom stereocenters. The van der Waals surface area contributed by atoms with Gasteiger partial charge in [-0.05, 0) is 50.5 Å². The van der Waals surface area contributed by atoms with Crippen LogP contribution in [0.1, 0.15) is 17.0 Å². The lowest BCUT2D eigenvalue weighted by atomic mass is 9.83. The van der Waals surface area contributed by atoms with Gasteiger partial charge >= 0.3 is 0 Å². The summed E-state index contributed by atoms with van der Waals surface area (Å²) >= 11 is 3.23. The Labute approximate surface area is 179 Å². The number of rotatable bonds is 2. The lowest BCUT2D eigenvalue weighted by Gasteiger charge is -2.24. The minimum atomic E-state index is -0.545. The van der Waals surface area contributed by atoms with E-state index in [9.17, 15) is 9.65 Å². The largest absolute Gasteiger partial charge is 0.420 e. The molecule has 1 atom stereocenters. The zero-order chi connectivity index (χ0) is 20.8. The van der Waals surface area contributed by atoms with E-state index in [0.717, 1.165) is 22.0 Å². The van der Waals surface area contributed by atoms with Crippen molar-refractivity contribution in [3.05, 3.63) is 93.5 Å². The Morgan fingerprint density at radius 1 is 1.10 bits per heavy atom. The molecule has 0 saturated carbocycles. The monoisotopic (exact) mass is 460 g/mol. The van der Waals surface area contributed by atoms with Crippen molar-refractivity contribution in [2.24, 2.45) is 5.73 Å². The van der Waals surface area contributed by atoms with Gasteiger partial charge in [0.2, 0.25) is 11.8 Å². The predicted octanol–water partition coefficient (Wildman–Crippen LogP) is 5.35. The lowest BCUT2D eigenvalue weighted by Crippen LogP contribution is -2.21. The van der Waals surface area contributed by atoms with Crippen LogP contribution in [0.4, 0.5) is 4.39 Å². The first-order valence-electron chi connectivity index (χ1n) is 9.17. The van der Waals surface area contributed by atoms with Gasteiger partial charge in [0.25, 0.3) is 0 Å². The van der Waals surface area contributed by atoms with Crippen molar-refractivity contribution in [2.75, 3.05) is 0 Å². The molecule has 0 amide bonds. The van der Waals surface area contributed by atoms with E-state index < -0.39 is 5.92 Å². The number of aromatic nitrogens is 2. The number of nitrogens with two attached hydrogens (primary N) is 1. The Morgan fingerprint density at radius 3 is 2.67 bits per heavy atom. The lowest BCUT2D eigenvalue weighted by molar-refractivity contribution is 0.379. The van der Waals surface area contributed by atoms with Gasteiger partial charge in [0, 0.05) is 5.56 Å². The molecule has 5 nitrogen and oxygen atoms in total. The number of ether oxygens (including phenoxy) is 1. The molecule has 2 heterocycles. The normalized spacial score (nSPS) is 15.6. The first-order chi connectivity index (χ1) is 14.6. The highest BCUT2D eigenvalue weighted by atomic mass is 79.9. The first kappa shape index (κ1) is 18.4. The number of H-pyrrole nitrogens is 1. The third kappa shape index (κ3) is 2.85. The smallest absolute Gasteiger partial charge is 0.244 e. The summed E-state index contributed by atoms with van der Waals surface area (Å²) in [6.45, 7) is 0. The van der Waals surface area contributed by atoms with E-state index in [1.165, 1.54) is 6.07 Å². The van der Waals surface area contributed by atoms with Crippen LogP contribution in [0.2, 0.25) is 0 Å². The molecule has 1 aliphatic rings. The van der Waals surface area contributed by atoms with Gasteiger partial charge in [-0.3, -0.25) is 5.10 Å². The van der Waals surface area contributed by atoms with Crippen molar-refractivity contribution in [2.45, 2.75) is 5.92 Å². The van der Waals surface area contributed by atoms with Crippen molar-refractivity contribution in [3.63, 3.8) is 0 Å². The van der Waals surface area contributed by atoms with E-state index in [1.807, 2.05) is 36.4 Å². The summed E-state index contributed by atoms with van der Waals surface area (Å²) in [5.74, 6) is -0.633. The summed E-state index contributed by atoms with van der Waals surface area (Å²) < 4.78 is 19.8. The van der Waals surface area contributed by atoms with E-state index in [0.29, 0.717) is 21.5 Å². The first-order valence-corrected chi connectivity index (χ1v) is 9.96. The third-order valence-electron chi connectivity index (χ3n) is 5.25. The van der Waals surface area contributed by atoms with E-state index in [4.69, 9.17) is 10.5 Å². The van der Waals surface area contributed by atoms with Crippen LogP contribution >= 0.6 is 15.9 Å². The number of hydrogen-bond acceptors (Lipinski definition) is 4. The maximum absolute atomic E-state index is 13.9. The fourth-order valence-corrected chi connectivity index (χ4v) is 4.23. The molecule has 0 aliphatic carbocycles. The van der Waals surface area contributed by atoms with Crippen LogP contribution in [0, 0.1) is 17.1 Å². The van der Waals surface area contributed by atoms with Crippen LogP contribution in [0.3, 0.4) is 0 Å². The van der Waals surface area contributed by atoms with E-state index in [-0.39, 0.29) is 17.3 Å². The highest BCUT2D eigenvalue weighted by Crippen LogP contribution is 2.46. The highest BCUT2D eigenvalue weighted by molar-refractivity contribution is 9.10. The molecule has 3 aromatic carbocycles. The van der Waals surface area contributed by atoms with Gasteiger partial charge in [0.1, 0.15) is 17.5 Å². The van der Waals surface area contributed by atoms with Gasteiger partial charge in [-0.1, -0.05) is 42.5 Å². The molecule has 7 heteroatoms. The number of allylic oxidation sites excluding steroid dienone is 1. The van der Waals surface area contributed by atoms with E-state index in [2.05, 4.69) is 38.3 Å². The molecule has 0 spiro atoms. The number of nitrogens with zero attached hydrogens (tertiary/aromatic N) is 2. The molecular weight excluding hydrogens is 447 g/mol. The molecule has 4 aromatic rings. The second kappa shape index (κ2) is 7.01. The molecule has 0 radical (unpaired) electrons. The zero-order valence-corrected chi connectivity index (χ0v) is 17.1. The molecule has 30 heavy (non-hydrogen) atoms. The number of halogens is 2. The maximum Gasteiger partial charge on any atom is 0.244 e. The van der Waals surface area contributed by atoms with Crippen LogP contribution in [-0.4, -0.2) is 10.2 Å². The summed E-state index contributed by atoms with van der Waals surface area (Å²) in [5.41, 5.74) is 9.29. The standard InChI is InChI=1S/C23H14BrFN4O/c24-17-10-14(7-8-18(17)25)19-16(11-26)22(27)30-23-20(19)21(28-29-23)15-6-5-12-3-1-2-4-13(12)9-15/h1-10,19H,27H2,(H,28,29)/t19-/m0/s1. The minimum absolute atomic E-state index is 0.00740. The molecule has 1 aliphatic heterocycles. The van der Waals surface area contributed by atoms with Crippen molar-refractivity contribution in [3.8, 4) is 23.2 Å². The second-order valence-electron chi connectivity index (χ2n) is 6.98. The van der Waals surface area contributed by atoms with Crippen molar-refractivity contribution >= 4 is 26.7 Å². The Hall–Kier alpha value is -3.63. The summed E-state index contributed by atoms with van der Waals surface area (Å²) in [4.78, 5) is 0. The minimum Gasteiger partial charge on any atom is -0.420 e. The van der Waals surface area contributed by atoms with Crippen molar-refractivity contribution < 1.29 is 9.13 Å². The van der Waals surface area contributed by atoms with Gasteiger partial charge < -0.3 is 10.5 Å². The molecule has 0 fully saturated rings. The van der Waals surface area contributed by atoms with E-state index >= 15 is 0 Å². The fourth-order valence-electron chi connectivity index (χ4n) is 3.84. The summed E-state index contributed by atoms with van der Waals surface area (Å²) in [7, 11) is 0. The molecule has 146 valence electrons. The maximum atomic E-state index is 13.9. The van der Waals surface area contributed by atoms with Crippen molar-refractivity contribution in [1.29, 1.82) is 5.26 Å². The van der Waals surface area contributed by atoms with Gasteiger partial charge in [-0.2, -0.15) is 5.26 Å². The van der Waals surface area contributed by atoms with Gasteiger partial charge in [-0.15, -0.1) is 5.10 Å². The van der Waals surface area contributed by atoms with Gasteiger partial charge in [0.15, 0.2) is 0 Å². The van der Waals surface area contributed by atoms with Crippen LogP contribution in [0.5, 0.6) is 5.88 Å². The average Bonchev–Trinajstić information content (AvgIpc) is 3.17. The molecule has 0 bridgehead atoms. The van der Waals surface area contributed by atoms with Crippen LogP contribution in [0.15, 0.2) is 76.6 Å². The number of nitrogens with one attached hydrogen (secondary N) is 1. The SMILES string of the molecule is N#CC1=C(N)Oc2n[nH]c(-c3ccc4ccccc4c3)c2[C@H]1c1ccc(F)c(Br)c1. The zero-order valence-electron chi connectivity index (χ0n) is 15.5. The molecular formula is C23H14BrFN4O. The second-order valence-corrected chi connectivity index (χ2v) is 7.83. The van der Waals surface area contributed by atoms with Crippen LogP contribution in [-0.2, 0) is 0 Å². The topological polar surface area (TPSA) is 87.7 Å². The molecule has 1 aromatic heterocycles. The Morgan fingerprint density at radius 2 is 1.90 bits per heavy atom. The number of aromatic amines is 1. The van der Waals surface area contributed by atoms with Gasteiger partial charge in [-0.25, -0.2) is 4.39 Å². The van der Waals surface area contributed by atoms with E-state index in [1.54, 1.807) is 12.1 Å². The molecule has 0 saturated heterocycles. The quantitative estimate of drug-likeness (QED) is 0.421. The van der Waals surface area contributed by atoms with Crippen molar-refractivity contribution in [1.82, 2.24) is 10.2 Å². The predicted molar refractivity (Wildman–Crippen MR) is 115 cm³/mol. The number of nitriles is 1. The van der Waals surface area contributed by atoms with Crippen LogP contribution < -0.4 is 10.5 Å². The molecule has 5 rings (SSSR count). The van der Waals surface area contributed by atoms with Gasteiger partial charge in [0.05, 0.1) is 21.6 Å².